The summed E-state index contributed by atoms with van der Waals surface area (Å²) in [6.07, 6.45) is 1.75. The van der Waals surface area contributed by atoms with Crippen LogP contribution in [0, 0.1) is 11.7 Å². The SMILES string of the molecule is CCn1cnnc1Cn1c(=S)[nH]c2cccc(C)c21. The molecule has 1 aromatic carbocycles. The maximum Gasteiger partial charge on any atom is 0.178 e. The molecule has 1 N–H and O–H groups in total. The highest BCUT2D eigenvalue weighted by molar-refractivity contribution is 7.71. The van der Waals surface area contributed by atoms with Crippen LogP contribution < -0.4 is 0 Å². The largest absolute Gasteiger partial charge is 0.331 e. The number of benzene rings is 1. The van der Waals surface area contributed by atoms with Crippen LogP contribution in [0.5, 0.6) is 0 Å². The Balaban J connectivity index is 2.15. The number of para-hydroxylation sites is 1. The van der Waals surface area contributed by atoms with Crippen molar-refractivity contribution in [2.75, 3.05) is 0 Å². The van der Waals surface area contributed by atoms with Gasteiger partial charge in [-0.15, -0.1) is 10.2 Å². The molecule has 19 heavy (non-hydrogen) atoms. The van der Waals surface area contributed by atoms with Crippen LogP contribution in [0.15, 0.2) is 24.5 Å². The third-order valence-corrected chi connectivity index (χ3v) is 3.65. The highest BCUT2D eigenvalue weighted by Gasteiger charge is 2.10. The van der Waals surface area contributed by atoms with Gasteiger partial charge in [0, 0.05) is 6.54 Å². The van der Waals surface area contributed by atoms with Crippen LogP contribution in [0.25, 0.3) is 11.0 Å². The van der Waals surface area contributed by atoms with E-state index in [9.17, 15) is 0 Å². The van der Waals surface area contributed by atoms with E-state index >= 15 is 0 Å². The number of hydrogen-bond donors (Lipinski definition) is 1. The standard InChI is InChI=1S/C13H15N5S/c1-3-17-8-14-16-11(17)7-18-12-9(2)5-4-6-10(12)15-13(18)19/h4-6,8H,3,7H2,1-2H3,(H,15,19). The summed E-state index contributed by atoms with van der Waals surface area (Å²) in [5.74, 6) is 0.919. The molecule has 0 saturated carbocycles. The van der Waals surface area contributed by atoms with Crippen LogP contribution in [0.4, 0.5) is 0 Å². The highest BCUT2D eigenvalue weighted by Crippen LogP contribution is 2.19. The van der Waals surface area contributed by atoms with E-state index in [1.807, 2.05) is 16.7 Å². The lowest BCUT2D eigenvalue weighted by atomic mass is 10.2. The minimum absolute atomic E-state index is 0.636. The number of imidazole rings is 1. The van der Waals surface area contributed by atoms with E-state index in [-0.39, 0.29) is 0 Å². The second kappa shape index (κ2) is 4.62. The molecule has 0 aliphatic rings. The number of nitrogens with one attached hydrogen (secondary N) is 1. The Bertz CT molecular complexity index is 780. The molecule has 0 radical (unpaired) electrons. The minimum Gasteiger partial charge on any atom is -0.331 e. The normalized spacial score (nSPS) is 11.3. The fourth-order valence-electron chi connectivity index (χ4n) is 2.36. The van der Waals surface area contributed by atoms with E-state index in [2.05, 4.69) is 39.7 Å². The molecule has 0 bridgehead atoms. The maximum atomic E-state index is 5.42. The zero-order chi connectivity index (χ0) is 13.4. The van der Waals surface area contributed by atoms with E-state index in [1.54, 1.807) is 6.33 Å². The first-order valence-electron chi connectivity index (χ1n) is 6.25. The Morgan fingerprint density at radius 2 is 2.21 bits per heavy atom. The van der Waals surface area contributed by atoms with Gasteiger partial charge >= 0.3 is 0 Å². The summed E-state index contributed by atoms with van der Waals surface area (Å²) in [6.45, 7) is 5.66. The van der Waals surface area contributed by atoms with Gasteiger partial charge in [0.2, 0.25) is 0 Å². The van der Waals surface area contributed by atoms with Gasteiger partial charge in [0.25, 0.3) is 0 Å². The molecule has 3 rings (SSSR count). The molecule has 0 atom stereocenters. The van der Waals surface area contributed by atoms with Gasteiger partial charge < -0.3 is 14.1 Å². The predicted octanol–water partition coefficient (Wildman–Crippen LogP) is 2.67. The smallest absolute Gasteiger partial charge is 0.178 e. The number of fused-ring (bicyclic) bond motifs is 1. The Morgan fingerprint density at radius 1 is 1.37 bits per heavy atom. The molecular formula is C13H15N5S. The number of H-pyrrole nitrogens is 1. The van der Waals surface area contributed by atoms with Gasteiger partial charge in [-0.2, -0.15) is 0 Å². The first-order chi connectivity index (χ1) is 9.20. The van der Waals surface area contributed by atoms with Crippen molar-refractivity contribution in [3.05, 3.63) is 40.7 Å². The van der Waals surface area contributed by atoms with Gasteiger partial charge in [0.05, 0.1) is 17.6 Å². The molecule has 0 aliphatic heterocycles. The van der Waals surface area contributed by atoms with E-state index in [1.165, 1.54) is 5.56 Å². The Morgan fingerprint density at radius 3 is 3.00 bits per heavy atom. The molecule has 6 heteroatoms. The fourth-order valence-corrected chi connectivity index (χ4v) is 2.63. The molecule has 2 heterocycles. The predicted molar refractivity (Wildman–Crippen MR) is 76.7 cm³/mol. The van der Waals surface area contributed by atoms with Crippen molar-refractivity contribution in [1.29, 1.82) is 0 Å². The third kappa shape index (κ3) is 1.98. The molecule has 0 unspecified atom stereocenters. The van der Waals surface area contributed by atoms with Gasteiger partial charge in [-0.05, 0) is 37.7 Å². The molecule has 0 saturated heterocycles. The first-order valence-corrected chi connectivity index (χ1v) is 6.66. The van der Waals surface area contributed by atoms with Crippen LogP contribution >= 0.6 is 12.2 Å². The van der Waals surface area contributed by atoms with Crippen molar-refractivity contribution in [3.8, 4) is 0 Å². The number of aromatic nitrogens is 5. The molecular weight excluding hydrogens is 258 g/mol. The van der Waals surface area contributed by atoms with Crippen LogP contribution in [-0.4, -0.2) is 24.3 Å². The van der Waals surface area contributed by atoms with Crippen molar-refractivity contribution in [2.24, 2.45) is 0 Å². The Hall–Kier alpha value is -1.95. The lowest BCUT2D eigenvalue weighted by Gasteiger charge is -2.07. The van der Waals surface area contributed by atoms with Crippen molar-refractivity contribution in [3.63, 3.8) is 0 Å². The second-order valence-electron chi connectivity index (χ2n) is 4.52. The number of rotatable bonds is 3. The molecule has 0 amide bonds. The monoisotopic (exact) mass is 273 g/mol. The summed E-state index contributed by atoms with van der Waals surface area (Å²) in [7, 11) is 0. The topological polar surface area (TPSA) is 51.4 Å². The molecule has 2 aromatic heterocycles. The quantitative estimate of drug-likeness (QED) is 0.746. The van der Waals surface area contributed by atoms with Crippen molar-refractivity contribution >= 4 is 23.3 Å². The van der Waals surface area contributed by atoms with Gasteiger partial charge in [0.15, 0.2) is 10.6 Å². The summed E-state index contributed by atoms with van der Waals surface area (Å²) in [5.41, 5.74) is 3.40. The zero-order valence-corrected chi connectivity index (χ0v) is 11.7. The first kappa shape index (κ1) is 12.1. The summed E-state index contributed by atoms with van der Waals surface area (Å²) in [6, 6.07) is 6.16. The number of nitrogens with zero attached hydrogens (tertiary/aromatic N) is 4. The average Bonchev–Trinajstić information content (AvgIpc) is 2.96. The zero-order valence-electron chi connectivity index (χ0n) is 10.9. The molecule has 3 aromatic rings. The third-order valence-electron chi connectivity index (χ3n) is 3.33. The van der Waals surface area contributed by atoms with Crippen molar-refractivity contribution in [2.45, 2.75) is 26.9 Å². The van der Waals surface area contributed by atoms with Crippen LogP contribution in [0.2, 0.25) is 0 Å². The van der Waals surface area contributed by atoms with E-state index < -0.39 is 0 Å². The lowest BCUT2D eigenvalue weighted by molar-refractivity contribution is 0.655. The van der Waals surface area contributed by atoms with Crippen LogP contribution in [0.3, 0.4) is 0 Å². The lowest BCUT2D eigenvalue weighted by Crippen LogP contribution is -2.08. The molecule has 0 spiro atoms. The van der Waals surface area contributed by atoms with Crippen molar-refractivity contribution in [1.82, 2.24) is 24.3 Å². The fraction of sp³-hybridized carbons (Fsp3) is 0.308. The average molecular weight is 273 g/mol. The minimum atomic E-state index is 0.636. The maximum absolute atomic E-state index is 5.42. The Labute approximate surface area is 115 Å². The van der Waals surface area contributed by atoms with E-state index in [0.717, 1.165) is 28.2 Å². The van der Waals surface area contributed by atoms with E-state index in [4.69, 9.17) is 12.2 Å². The summed E-state index contributed by atoms with van der Waals surface area (Å²) in [4.78, 5) is 3.24. The summed E-state index contributed by atoms with van der Waals surface area (Å²) >= 11 is 5.42. The Kier molecular flexibility index (Phi) is 2.94. The number of aromatic amines is 1. The second-order valence-corrected chi connectivity index (χ2v) is 4.91. The molecule has 0 fully saturated rings. The summed E-state index contributed by atoms with van der Waals surface area (Å²) in [5, 5.41) is 8.13. The van der Waals surface area contributed by atoms with Crippen molar-refractivity contribution < 1.29 is 0 Å². The molecule has 5 nitrogen and oxygen atoms in total. The van der Waals surface area contributed by atoms with E-state index in [0.29, 0.717) is 6.54 Å². The number of hydrogen-bond acceptors (Lipinski definition) is 3. The molecule has 98 valence electrons. The number of aryl methyl sites for hydroxylation is 2. The van der Waals surface area contributed by atoms with Crippen LogP contribution in [0.1, 0.15) is 18.3 Å². The summed E-state index contributed by atoms with van der Waals surface area (Å²) < 4.78 is 4.82. The molecule has 0 aliphatic carbocycles. The van der Waals surface area contributed by atoms with Gasteiger partial charge in [-0.1, -0.05) is 12.1 Å². The van der Waals surface area contributed by atoms with Crippen LogP contribution in [-0.2, 0) is 13.1 Å². The highest BCUT2D eigenvalue weighted by atomic mass is 32.1. The van der Waals surface area contributed by atoms with Gasteiger partial charge in [0.1, 0.15) is 6.33 Å². The van der Waals surface area contributed by atoms with Gasteiger partial charge in [-0.25, -0.2) is 0 Å². The van der Waals surface area contributed by atoms with Gasteiger partial charge in [-0.3, -0.25) is 0 Å².